The van der Waals surface area contributed by atoms with Crippen LogP contribution in [0.2, 0.25) is 0 Å². The van der Waals surface area contributed by atoms with E-state index in [-0.39, 0.29) is 29.5 Å². The van der Waals surface area contributed by atoms with Crippen molar-refractivity contribution in [2.24, 2.45) is 23.7 Å². The predicted molar refractivity (Wildman–Crippen MR) is 101 cm³/mol. The second-order valence-electron chi connectivity index (χ2n) is 8.44. The first-order valence-corrected chi connectivity index (χ1v) is 9.73. The van der Waals surface area contributed by atoms with Crippen LogP contribution in [0, 0.1) is 23.7 Å². The second-order valence-corrected chi connectivity index (χ2v) is 8.44. The number of ether oxygens (including phenoxy) is 1. The van der Waals surface area contributed by atoms with Gasteiger partial charge >= 0.3 is 5.97 Å². The summed E-state index contributed by atoms with van der Waals surface area (Å²) in [5.41, 5.74) is -0.608. The number of esters is 1. The molecule has 0 saturated heterocycles. The lowest BCUT2D eigenvalue weighted by Crippen LogP contribution is -2.55. The Bertz CT molecular complexity index is 537. The smallest absolute Gasteiger partial charge is 0.309 e. The molecule has 7 atom stereocenters. The number of carbonyl (C=O) groups is 2. The molecule has 1 aliphatic heterocycles. The molecule has 0 unspecified atom stereocenters. The van der Waals surface area contributed by atoms with Crippen LogP contribution in [0.4, 0.5) is 0 Å². The number of ketones is 1. The number of hydrogen-bond acceptors (Lipinski definition) is 5. The maximum absolute atomic E-state index is 12.7. The van der Waals surface area contributed by atoms with Crippen LogP contribution in [0.15, 0.2) is 11.6 Å². The van der Waals surface area contributed by atoms with E-state index in [4.69, 9.17) is 4.74 Å². The van der Waals surface area contributed by atoms with Crippen molar-refractivity contribution in [3.05, 3.63) is 11.6 Å². The first-order valence-electron chi connectivity index (χ1n) is 9.73. The number of rotatable bonds is 1. The Balaban J connectivity index is 3.27. The van der Waals surface area contributed by atoms with Crippen molar-refractivity contribution in [3.8, 4) is 0 Å². The van der Waals surface area contributed by atoms with E-state index in [0.717, 1.165) is 12.0 Å². The lowest BCUT2D eigenvalue weighted by molar-refractivity contribution is -0.189. The fourth-order valence-corrected chi connectivity index (χ4v) is 4.05. The fourth-order valence-electron chi connectivity index (χ4n) is 4.05. The summed E-state index contributed by atoms with van der Waals surface area (Å²) in [6.45, 7) is 12.6. The van der Waals surface area contributed by atoms with Crippen molar-refractivity contribution in [3.63, 3.8) is 0 Å². The van der Waals surface area contributed by atoms with Gasteiger partial charge in [-0.05, 0) is 39.0 Å². The molecule has 1 rings (SSSR count). The SMILES string of the molecule is CC[C@H]1OC(=O)[C@H](C)C[C@H](C)C/C(C)=C/[C@@H](C)C(=O)[C@H](C)[C@@H](O)[C@]1(C)O. The van der Waals surface area contributed by atoms with Crippen LogP contribution in [-0.4, -0.2) is 39.8 Å². The van der Waals surface area contributed by atoms with Crippen LogP contribution in [0.5, 0.6) is 0 Å². The third-order valence-electron chi connectivity index (χ3n) is 5.61. The maximum Gasteiger partial charge on any atom is 0.309 e. The van der Waals surface area contributed by atoms with Crippen LogP contribution in [0.25, 0.3) is 0 Å². The third kappa shape index (κ3) is 5.40. The zero-order chi connectivity index (χ0) is 20.2. The van der Waals surface area contributed by atoms with Crippen molar-refractivity contribution in [2.45, 2.75) is 85.5 Å². The van der Waals surface area contributed by atoms with Gasteiger partial charge in [0.25, 0.3) is 0 Å². The highest BCUT2D eigenvalue weighted by Crippen LogP contribution is 2.30. The lowest BCUT2D eigenvalue weighted by atomic mass is 9.79. The van der Waals surface area contributed by atoms with Crippen LogP contribution in [-0.2, 0) is 14.3 Å². The van der Waals surface area contributed by atoms with E-state index in [1.807, 2.05) is 26.8 Å². The predicted octanol–water partition coefficient (Wildman–Crippen LogP) is 3.27. The third-order valence-corrected chi connectivity index (χ3v) is 5.61. The number of cyclic esters (lactones) is 1. The summed E-state index contributed by atoms with van der Waals surface area (Å²) in [4.78, 5) is 25.2. The maximum atomic E-state index is 12.7. The largest absolute Gasteiger partial charge is 0.459 e. The molecule has 5 nitrogen and oxygen atoms in total. The molecule has 0 radical (unpaired) electrons. The van der Waals surface area contributed by atoms with Crippen molar-refractivity contribution in [1.82, 2.24) is 0 Å². The highest BCUT2D eigenvalue weighted by molar-refractivity contribution is 5.85. The first kappa shape index (κ1) is 22.8. The number of carbonyl (C=O) groups excluding carboxylic acids is 2. The average Bonchev–Trinajstić information content (AvgIpc) is 2.55. The number of aliphatic hydroxyl groups excluding tert-OH is 1. The van der Waals surface area contributed by atoms with Gasteiger partial charge < -0.3 is 14.9 Å². The summed E-state index contributed by atoms with van der Waals surface area (Å²) in [6, 6.07) is 0. The summed E-state index contributed by atoms with van der Waals surface area (Å²) in [6.07, 6.45) is 1.58. The number of allylic oxidation sites excluding steroid dienone is 2. The van der Waals surface area contributed by atoms with Crippen molar-refractivity contribution < 1.29 is 24.5 Å². The molecule has 0 aromatic carbocycles. The summed E-state index contributed by atoms with van der Waals surface area (Å²) in [5, 5.41) is 21.6. The van der Waals surface area contributed by atoms with Gasteiger partial charge in [0.05, 0.1) is 12.0 Å². The molecule has 26 heavy (non-hydrogen) atoms. The molecule has 0 spiro atoms. The molecule has 0 amide bonds. The Morgan fingerprint density at radius 1 is 1.23 bits per heavy atom. The van der Waals surface area contributed by atoms with Crippen molar-refractivity contribution in [1.29, 1.82) is 0 Å². The van der Waals surface area contributed by atoms with Gasteiger partial charge in [-0.25, -0.2) is 0 Å². The average molecular weight is 369 g/mol. The van der Waals surface area contributed by atoms with Crippen LogP contribution >= 0.6 is 0 Å². The van der Waals surface area contributed by atoms with Gasteiger partial charge in [0.15, 0.2) is 0 Å². The van der Waals surface area contributed by atoms with E-state index in [9.17, 15) is 19.8 Å². The summed E-state index contributed by atoms with van der Waals surface area (Å²) in [7, 11) is 0. The molecule has 1 heterocycles. The monoisotopic (exact) mass is 368 g/mol. The van der Waals surface area contributed by atoms with Gasteiger partial charge in [0.2, 0.25) is 0 Å². The molecule has 0 aliphatic carbocycles. The minimum absolute atomic E-state index is 0.128. The molecule has 0 aromatic rings. The Kier molecular flexibility index (Phi) is 8.03. The second kappa shape index (κ2) is 9.14. The molecular formula is C21H36O5. The van der Waals surface area contributed by atoms with Crippen LogP contribution in [0.1, 0.15) is 67.7 Å². The van der Waals surface area contributed by atoms with Crippen LogP contribution < -0.4 is 0 Å². The molecular weight excluding hydrogens is 332 g/mol. The summed E-state index contributed by atoms with van der Waals surface area (Å²) < 4.78 is 5.55. The molecule has 1 aliphatic rings. The van der Waals surface area contributed by atoms with E-state index in [1.165, 1.54) is 6.92 Å². The Hall–Kier alpha value is -1.20. The fraction of sp³-hybridized carbons (Fsp3) is 0.810. The van der Waals surface area contributed by atoms with Gasteiger partial charge in [-0.3, -0.25) is 9.59 Å². The van der Waals surface area contributed by atoms with E-state index < -0.39 is 23.7 Å². The Morgan fingerprint density at radius 3 is 2.35 bits per heavy atom. The van der Waals surface area contributed by atoms with Gasteiger partial charge in [-0.2, -0.15) is 0 Å². The molecule has 0 saturated carbocycles. The molecule has 150 valence electrons. The molecule has 0 fully saturated rings. The zero-order valence-corrected chi connectivity index (χ0v) is 17.3. The highest BCUT2D eigenvalue weighted by Gasteiger charge is 2.45. The molecule has 5 heteroatoms. The molecule has 0 bridgehead atoms. The summed E-state index contributed by atoms with van der Waals surface area (Å²) in [5.74, 6) is -1.62. The van der Waals surface area contributed by atoms with Crippen molar-refractivity contribution in [2.75, 3.05) is 0 Å². The minimum Gasteiger partial charge on any atom is -0.459 e. The van der Waals surface area contributed by atoms with E-state index in [0.29, 0.717) is 12.8 Å². The summed E-state index contributed by atoms with van der Waals surface area (Å²) >= 11 is 0. The number of aliphatic hydroxyl groups is 2. The van der Waals surface area contributed by atoms with E-state index in [2.05, 4.69) is 6.92 Å². The molecule has 0 aromatic heterocycles. The topological polar surface area (TPSA) is 83.8 Å². The van der Waals surface area contributed by atoms with E-state index >= 15 is 0 Å². The van der Waals surface area contributed by atoms with E-state index in [1.54, 1.807) is 13.8 Å². The Labute approximate surface area is 157 Å². The van der Waals surface area contributed by atoms with Crippen LogP contribution in [0.3, 0.4) is 0 Å². The van der Waals surface area contributed by atoms with Gasteiger partial charge in [0, 0.05) is 11.8 Å². The Morgan fingerprint density at radius 2 is 1.81 bits per heavy atom. The highest BCUT2D eigenvalue weighted by atomic mass is 16.6. The molecule has 2 N–H and O–H groups in total. The first-order chi connectivity index (χ1) is 11.9. The number of Topliss-reactive ketones (excluding diaryl/α,β-unsaturated/α-hetero) is 1. The standard InChI is InChI=1S/C21H36O5/c1-8-17-21(7,25)19(23)16(6)18(22)14(4)10-12(2)9-13(3)11-15(5)20(24)26-17/h10,13-17,19,23,25H,8-9,11H2,1-7H3/b12-10+/t13-,14-,15-,16+,17-,19-,21-/m1/s1. The quantitative estimate of drug-likeness (QED) is 0.548. The number of hydrogen-bond donors (Lipinski definition) is 2. The normalized spacial score (nSPS) is 43.2. The lowest BCUT2D eigenvalue weighted by Gasteiger charge is -2.39. The van der Waals surface area contributed by atoms with Crippen molar-refractivity contribution >= 4 is 11.8 Å². The van der Waals surface area contributed by atoms with Gasteiger partial charge in [-0.1, -0.05) is 46.3 Å². The van der Waals surface area contributed by atoms with Gasteiger partial charge in [-0.15, -0.1) is 0 Å². The minimum atomic E-state index is -1.70. The van der Waals surface area contributed by atoms with Gasteiger partial charge in [0.1, 0.15) is 17.5 Å². The zero-order valence-electron chi connectivity index (χ0n) is 17.3.